The van der Waals surface area contributed by atoms with Gasteiger partial charge in [-0.15, -0.1) is 0 Å². The van der Waals surface area contributed by atoms with Gasteiger partial charge in [-0.25, -0.2) is 4.79 Å². The summed E-state index contributed by atoms with van der Waals surface area (Å²) in [5.41, 5.74) is 2.20. The number of morpholine rings is 1. The van der Waals surface area contributed by atoms with Gasteiger partial charge >= 0.3 is 30.0 Å². The molecule has 3 amide bonds. The molecule has 2 heterocycles. The van der Waals surface area contributed by atoms with Crippen LogP contribution in [0.4, 0.5) is 42.1 Å². The molecule has 20 heteroatoms. The third-order valence-corrected chi connectivity index (χ3v) is 9.35. The summed E-state index contributed by atoms with van der Waals surface area (Å²) >= 11 is 6.04. The van der Waals surface area contributed by atoms with Crippen LogP contribution in [-0.2, 0) is 29.4 Å². The van der Waals surface area contributed by atoms with Gasteiger partial charge in [0.1, 0.15) is 6.04 Å². The van der Waals surface area contributed by atoms with Gasteiger partial charge in [-0.05, 0) is 85.5 Å². The Morgan fingerprint density at radius 1 is 0.879 bits per heavy atom. The number of hydrogen-bond donors (Lipinski definition) is 5. The average Bonchev–Trinajstić information content (AvgIpc) is 4.00. The summed E-state index contributed by atoms with van der Waals surface area (Å²) in [5.74, 6) is -3.45. The fourth-order valence-electron chi connectivity index (χ4n) is 5.92. The number of halogens is 4. The van der Waals surface area contributed by atoms with E-state index in [-0.39, 0.29) is 30.4 Å². The zero-order chi connectivity index (χ0) is 41.3. The van der Waals surface area contributed by atoms with Gasteiger partial charge in [0.15, 0.2) is 6.61 Å². The number of alkyl halides is 3. The third kappa shape index (κ3) is 11.4. The Bertz CT molecular complexity index is 2080. The molecule has 2 fully saturated rings. The highest BCUT2D eigenvalue weighted by Crippen LogP contribution is 2.48. The number of nitrogens with zero attached hydrogens (tertiary/aromatic N) is 4. The van der Waals surface area contributed by atoms with Gasteiger partial charge in [0.2, 0.25) is 11.9 Å². The molecule has 0 unspecified atom stereocenters. The second kappa shape index (κ2) is 18.4. The van der Waals surface area contributed by atoms with E-state index in [4.69, 9.17) is 25.8 Å². The van der Waals surface area contributed by atoms with Crippen LogP contribution >= 0.6 is 11.6 Å². The highest BCUT2D eigenvalue weighted by atomic mass is 35.5. The lowest BCUT2D eigenvalue weighted by molar-refractivity contribution is -0.154. The highest BCUT2D eigenvalue weighted by molar-refractivity contribution is 6.39. The molecule has 1 saturated carbocycles. The number of aromatic nitrogens is 3. The molecule has 0 bridgehead atoms. The normalized spacial score (nSPS) is 15.0. The van der Waals surface area contributed by atoms with E-state index in [2.05, 4.69) is 46.4 Å². The number of rotatable bonds is 15. The molecule has 58 heavy (non-hydrogen) atoms. The van der Waals surface area contributed by atoms with Crippen molar-refractivity contribution in [2.45, 2.75) is 37.0 Å². The van der Waals surface area contributed by atoms with E-state index in [1.165, 1.54) is 24.3 Å². The van der Waals surface area contributed by atoms with Gasteiger partial charge < -0.3 is 45.7 Å². The fourth-order valence-corrected chi connectivity index (χ4v) is 6.04. The van der Waals surface area contributed by atoms with E-state index >= 15 is 0 Å². The first kappa shape index (κ1) is 41.4. The summed E-state index contributed by atoms with van der Waals surface area (Å²) in [6.45, 7) is 0.980. The number of benzene rings is 3. The maximum atomic E-state index is 13.1. The quantitative estimate of drug-likeness (QED) is 0.0827. The molecule has 306 valence electrons. The topological polar surface area (TPSA) is 198 Å². The van der Waals surface area contributed by atoms with Crippen LogP contribution < -0.4 is 36.2 Å². The number of esters is 1. The average molecular weight is 826 g/mol. The van der Waals surface area contributed by atoms with Crippen molar-refractivity contribution >= 4 is 64.3 Å². The maximum Gasteiger partial charge on any atom is 0.422 e. The van der Waals surface area contributed by atoms with Crippen molar-refractivity contribution in [1.29, 1.82) is 0 Å². The Morgan fingerprint density at radius 2 is 1.53 bits per heavy atom. The lowest BCUT2D eigenvalue weighted by Crippen LogP contribution is -2.44. The highest BCUT2D eigenvalue weighted by Gasteiger charge is 2.45. The Kier molecular flexibility index (Phi) is 13.1. The molecule has 1 aromatic heterocycles. The zero-order valence-corrected chi connectivity index (χ0v) is 31.8. The van der Waals surface area contributed by atoms with Gasteiger partial charge in [-0.1, -0.05) is 23.7 Å². The first-order valence-corrected chi connectivity index (χ1v) is 18.4. The van der Waals surface area contributed by atoms with Crippen molar-refractivity contribution in [2.24, 2.45) is 0 Å². The number of hydrogen-bond acceptors (Lipinski definition) is 13. The molecule has 1 atom stereocenters. The molecular formula is C38H39ClF3N9O7. The summed E-state index contributed by atoms with van der Waals surface area (Å²) in [5, 5.41) is 14.1. The summed E-state index contributed by atoms with van der Waals surface area (Å²) in [6.07, 6.45) is -3.32. The Labute approximate surface area is 335 Å². The number of ether oxygens (including phenoxy) is 3. The minimum absolute atomic E-state index is 0.0294. The van der Waals surface area contributed by atoms with E-state index < -0.39 is 54.1 Å². The molecule has 1 aliphatic heterocycles. The number of methoxy groups -OCH3 is 1. The van der Waals surface area contributed by atoms with Crippen molar-refractivity contribution in [2.75, 3.05) is 67.4 Å². The van der Waals surface area contributed by atoms with Crippen LogP contribution in [0.25, 0.3) is 0 Å². The SMILES string of the molecule is COC(=O)[C@H](CCNC(=O)C(=O)Nc1ccc(N2CCOCC2)cc1)NC(=O)c1ccc(Nc2nc(NC3(c4ccc(Cl)cc4)CC3)nc(OCC(F)(F)F)n2)cc1. The molecule has 1 aliphatic carbocycles. The monoisotopic (exact) mass is 825 g/mol. The molecular weight excluding hydrogens is 787 g/mol. The molecule has 6 rings (SSSR count). The van der Waals surface area contributed by atoms with Crippen molar-refractivity contribution in [3.8, 4) is 6.01 Å². The van der Waals surface area contributed by atoms with Crippen LogP contribution in [0.1, 0.15) is 35.2 Å². The van der Waals surface area contributed by atoms with Gasteiger partial charge in [0.25, 0.3) is 5.91 Å². The first-order valence-electron chi connectivity index (χ1n) is 18.1. The lowest BCUT2D eigenvalue weighted by Gasteiger charge is -2.28. The smallest absolute Gasteiger partial charge is 0.422 e. The van der Waals surface area contributed by atoms with Crippen LogP contribution in [0.5, 0.6) is 6.01 Å². The predicted octanol–water partition coefficient (Wildman–Crippen LogP) is 4.56. The van der Waals surface area contributed by atoms with E-state index in [0.717, 1.165) is 31.5 Å². The van der Waals surface area contributed by atoms with Crippen molar-refractivity contribution < 1.29 is 46.6 Å². The number of carbonyl (C=O) groups excluding carboxylic acids is 4. The second-order valence-corrected chi connectivity index (χ2v) is 13.7. The van der Waals surface area contributed by atoms with Crippen LogP contribution in [0.2, 0.25) is 5.02 Å². The van der Waals surface area contributed by atoms with Gasteiger partial charge in [0, 0.05) is 47.3 Å². The molecule has 1 saturated heterocycles. The second-order valence-electron chi connectivity index (χ2n) is 13.3. The minimum atomic E-state index is -4.64. The molecule has 4 aromatic rings. The molecule has 0 spiro atoms. The number of amides is 3. The molecule has 0 radical (unpaired) electrons. The van der Waals surface area contributed by atoms with E-state index in [0.29, 0.717) is 42.5 Å². The molecule has 3 aromatic carbocycles. The molecule has 2 aliphatic rings. The van der Waals surface area contributed by atoms with Crippen LogP contribution in [0.15, 0.2) is 72.8 Å². The van der Waals surface area contributed by atoms with Crippen LogP contribution in [0.3, 0.4) is 0 Å². The maximum absolute atomic E-state index is 13.1. The van der Waals surface area contributed by atoms with E-state index in [1.807, 2.05) is 24.3 Å². The Balaban J connectivity index is 1.03. The largest absolute Gasteiger partial charge is 0.467 e. The van der Waals surface area contributed by atoms with Crippen LogP contribution in [0, 0.1) is 0 Å². The van der Waals surface area contributed by atoms with E-state index in [1.54, 1.807) is 24.3 Å². The molecule has 16 nitrogen and oxygen atoms in total. The summed E-state index contributed by atoms with van der Waals surface area (Å²) in [6, 6.07) is 18.2. The number of anilines is 5. The minimum Gasteiger partial charge on any atom is -0.467 e. The first-order chi connectivity index (χ1) is 27.8. The summed E-state index contributed by atoms with van der Waals surface area (Å²) in [7, 11) is 1.14. The predicted molar refractivity (Wildman–Crippen MR) is 206 cm³/mol. The zero-order valence-electron chi connectivity index (χ0n) is 31.0. The summed E-state index contributed by atoms with van der Waals surface area (Å²) < 4.78 is 54.0. The molecule has 5 N–H and O–H groups in total. The Morgan fingerprint density at radius 3 is 2.17 bits per heavy atom. The standard InChI is InChI=1S/C38H39ClF3N9O7/c1-56-33(55)29(14-17-43-31(53)32(54)44-26-10-12-28(13-11-26)51-18-20-57-21-19-51)46-30(52)23-2-8-27(9-3-23)45-34-47-35(49-36(48-34)58-22-38(40,41)42)50-37(15-16-37)24-4-6-25(39)7-5-24/h2-13,29H,14-22H2,1H3,(H,43,53)(H,44,54)(H,46,52)(H2,45,47,48,49,50)/t29-/m0/s1. The van der Waals surface area contributed by atoms with Gasteiger partial charge in [0.05, 0.1) is 25.9 Å². The van der Waals surface area contributed by atoms with Gasteiger partial charge in [-0.2, -0.15) is 28.1 Å². The van der Waals surface area contributed by atoms with Crippen molar-refractivity contribution in [3.05, 3.63) is 88.9 Å². The Hall–Kier alpha value is -6.21. The van der Waals surface area contributed by atoms with E-state index in [9.17, 15) is 32.3 Å². The fraction of sp³-hybridized carbons (Fsp3) is 0.342. The number of carbonyl (C=O) groups is 4. The van der Waals surface area contributed by atoms with Crippen molar-refractivity contribution in [1.82, 2.24) is 25.6 Å². The number of nitrogens with one attached hydrogen (secondary N) is 5. The third-order valence-electron chi connectivity index (χ3n) is 9.10. The van der Waals surface area contributed by atoms with Crippen molar-refractivity contribution in [3.63, 3.8) is 0 Å². The van der Waals surface area contributed by atoms with Gasteiger partial charge in [-0.3, -0.25) is 14.4 Å². The van der Waals surface area contributed by atoms with Crippen LogP contribution in [-0.4, -0.2) is 97.4 Å². The summed E-state index contributed by atoms with van der Waals surface area (Å²) in [4.78, 5) is 65.2. The lowest BCUT2D eigenvalue weighted by atomic mass is 10.1.